The zero-order valence-corrected chi connectivity index (χ0v) is 11.6. The molecule has 0 radical (unpaired) electrons. The lowest BCUT2D eigenvalue weighted by Crippen LogP contribution is -2.45. The van der Waals surface area contributed by atoms with Gasteiger partial charge in [-0.1, -0.05) is 0 Å². The van der Waals surface area contributed by atoms with Gasteiger partial charge < -0.3 is 14.9 Å². The van der Waals surface area contributed by atoms with Crippen LogP contribution in [0.3, 0.4) is 0 Å². The number of aliphatic carboxylic acids is 1. The van der Waals surface area contributed by atoms with E-state index in [-0.39, 0.29) is 18.5 Å². The maximum absolute atomic E-state index is 12.2. The highest BCUT2D eigenvalue weighted by atomic mass is 16.4. The molecule has 0 aromatic rings. The molecule has 2 amide bonds. The molecular weight excluding hydrogens is 232 g/mol. The number of nitrogens with zero attached hydrogens (tertiary/aromatic N) is 2. The predicted octanol–water partition coefficient (Wildman–Crippen LogP) is 2.02. The molecule has 0 saturated carbocycles. The summed E-state index contributed by atoms with van der Waals surface area (Å²) >= 11 is 0. The van der Waals surface area contributed by atoms with Crippen molar-refractivity contribution in [3.05, 3.63) is 0 Å². The van der Waals surface area contributed by atoms with Crippen LogP contribution < -0.4 is 0 Å². The van der Waals surface area contributed by atoms with Crippen molar-refractivity contribution in [2.24, 2.45) is 5.92 Å². The maximum atomic E-state index is 12.2. The second kappa shape index (κ2) is 6.61. The zero-order chi connectivity index (χ0) is 13.7. The van der Waals surface area contributed by atoms with Gasteiger partial charge in [0, 0.05) is 32.1 Å². The van der Waals surface area contributed by atoms with Crippen molar-refractivity contribution in [1.29, 1.82) is 0 Å². The molecule has 18 heavy (non-hydrogen) atoms. The molecule has 1 atom stereocenters. The van der Waals surface area contributed by atoms with Gasteiger partial charge in [0.1, 0.15) is 0 Å². The SMILES string of the molecule is CCN(C(=O)N1CCC(CCC(=O)O)C1)C(C)C. The molecule has 1 heterocycles. The number of rotatable bonds is 5. The van der Waals surface area contributed by atoms with Gasteiger partial charge >= 0.3 is 12.0 Å². The Morgan fingerprint density at radius 1 is 1.44 bits per heavy atom. The van der Waals surface area contributed by atoms with Crippen molar-refractivity contribution in [1.82, 2.24) is 9.80 Å². The molecular formula is C13H24N2O3. The van der Waals surface area contributed by atoms with E-state index in [1.54, 1.807) is 0 Å². The third-order valence-corrected chi connectivity index (χ3v) is 3.53. The van der Waals surface area contributed by atoms with Crippen molar-refractivity contribution in [3.63, 3.8) is 0 Å². The summed E-state index contributed by atoms with van der Waals surface area (Å²) in [5.41, 5.74) is 0. The van der Waals surface area contributed by atoms with E-state index < -0.39 is 5.97 Å². The Kier molecular flexibility index (Phi) is 5.44. The van der Waals surface area contributed by atoms with Crippen LogP contribution in [0.5, 0.6) is 0 Å². The third-order valence-electron chi connectivity index (χ3n) is 3.53. The largest absolute Gasteiger partial charge is 0.481 e. The molecule has 1 aliphatic rings. The molecule has 1 fully saturated rings. The average molecular weight is 256 g/mol. The summed E-state index contributed by atoms with van der Waals surface area (Å²) in [4.78, 5) is 26.5. The highest BCUT2D eigenvalue weighted by Gasteiger charge is 2.29. The van der Waals surface area contributed by atoms with Gasteiger partial charge in [0.25, 0.3) is 0 Å². The Hall–Kier alpha value is -1.26. The topological polar surface area (TPSA) is 60.9 Å². The first-order chi connectivity index (χ1) is 8.45. The first-order valence-electron chi connectivity index (χ1n) is 6.73. The Morgan fingerprint density at radius 2 is 2.11 bits per heavy atom. The fourth-order valence-corrected chi connectivity index (χ4v) is 2.47. The van der Waals surface area contributed by atoms with Crippen LogP contribution >= 0.6 is 0 Å². The molecule has 1 aliphatic heterocycles. The van der Waals surface area contributed by atoms with Crippen LogP contribution in [-0.2, 0) is 4.79 Å². The van der Waals surface area contributed by atoms with E-state index in [9.17, 15) is 9.59 Å². The summed E-state index contributed by atoms with van der Waals surface area (Å²) in [6, 6.07) is 0.297. The number of carbonyl (C=O) groups is 2. The number of likely N-dealkylation sites (tertiary alicyclic amines) is 1. The van der Waals surface area contributed by atoms with Gasteiger partial charge in [-0.3, -0.25) is 4.79 Å². The van der Waals surface area contributed by atoms with E-state index in [2.05, 4.69) is 0 Å². The summed E-state index contributed by atoms with van der Waals surface area (Å²) in [6.07, 6.45) is 1.80. The van der Waals surface area contributed by atoms with Crippen molar-refractivity contribution in [3.8, 4) is 0 Å². The lowest BCUT2D eigenvalue weighted by molar-refractivity contribution is -0.137. The van der Waals surface area contributed by atoms with Crippen LogP contribution in [0.4, 0.5) is 4.79 Å². The summed E-state index contributed by atoms with van der Waals surface area (Å²) in [7, 11) is 0. The molecule has 1 rings (SSSR count). The fourth-order valence-electron chi connectivity index (χ4n) is 2.47. The Bertz CT molecular complexity index is 305. The van der Waals surface area contributed by atoms with E-state index >= 15 is 0 Å². The van der Waals surface area contributed by atoms with E-state index in [4.69, 9.17) is 5.11 Å². The first kappa shape index (κ1) is 14.8. The predicted molar refractivity (Wildman–Crippen MR) is 69.5 cm³/mol. The summed E-state index contributed by atoms with van der Waals surface area (Å²) in [5.74, 6) is -0.409. The minimum Gasteiger partial charge on any atom is -0.481 e. The van der Waals surface area contributed by atoms with Gasteiger partial charge in [-0.2, -0.15) is 0 Å². The number of urea groups is 1. The summed E-state index contributed by atoms with van der Waals surface area (Å²) in [5, 5.41) is 8.66. The molecule has 104 valence electrons. The van der Waals surface area contributed by atoms with Crippen molar-refractivity contribution in [2.45, 2.75) is 46.1 Å². The van der Waals surface area contributed by atoms with E-state index in [0.29, 0.717) is 25.4 Å². The third kappa shape index (κ3) is 3.89. The first-order valence-corrected chi connectivity index (χ1v) is 6.73. The van der Waals surface area contributed by atoms with Gasteiger partial charge in [-0.25, -0.2) is 4.79 Å². The molecule has 0 spiro atoms. The van der Waals surface area contributed by atoms with Crippen LogP contribution in [0, 0.1) is 5.92 Å². The van der Waals surface area contributed by atoms with Crippen molar-refractivity contribution >= 4 is 12.0 Å². The average Bonchev–Trinajstić information content (AvgIpc) is 2.75. The number of amides is 2. The van der Waals surface area contributed by atoms with Gasteiger partial charge in [-0.15, -0.1) is 0 Å². The minimum absolute atomic E-state index is 0.0883. The lowest BCUT2D eigenvalue weighted by atomic mass is 10.0. The minimum atomic E-state index is -0.753. The number of hydrogen-bond donors (Lipinski definition) is 1. The molecule has 0 aliphatic carbocycles. The molecule has 1 N–H and O–H groups in total. The van der Waals surface area contributed by atoms with Crippen LogP contribution in [0.15, 0.2) is 0 Å². The Labute approximate surface area is 109 Å². The zero-order valence-electron chi connectivity index (χ0n) is 11.6. The van der Waals surface area contributed by atoms with E-state index in [1.165, 1.54) is 0 Å². The normalized spacial score (nSPS) is 19.3. The lowest BCUT2D eigenvalue weighted by Gasteiger charge is -2.30. The standard InChI is InChI=1S/C13H24N2O3/c1-4-15(10(2)3)13(18)14-8-7-11(9-14)5-6-12(16)17/h10-11H,4-9H2,1-3H3,(H,16,17). The highest BCUT2D eigenvalue weighted by molar-refractivity contribution is 5.75. The molecule has 0 aromatic heterocycles. The van der Waals surface area contributed by atoms with E-state index in [1.807, 2.05) is 30.6 Å². The molecule has 5 nitrogen and oxygen atoms in total. The van der Waals surface area contributed by atoms with Crippen LogP contribution in [0.2, 0.25) is 0 Å². The van der Waals surface area contributed by atoms with Crippen LogP contribution in [-0.4, -0.2) is 52.6 Å². The maximum Gasteiger partial charge on any atom is 0.320 e. The fraction of sp³-hybridized carbons (Fsp3) is 0.846. The van der Waals surface area contributed by atoms with Crippen molar-refractivity contribution in [2.75, 3.05) is 19.6 Å². The van der Waals surface area contributed by atoms with Crippen molar-refractivity contribution < 1.29 is 14.7 Å². The molecule has 0 bridgehead atoms. The molecule has 5 heteroatoms. The number of carbonyl (C=O) groups excluding carboxylic acids is 1. The van der Waals surface area contributed by atoms with Gasteiger partial charge in [-0.05, 0) is 39.5 Å². The Morgan fingerprint density at radius 3 is 2.61 bits per heavy atom. The summed E-state index contributed by atoms with van der Waals surface area (Å²) in [6.45, 7) is 8.18. The molecule has 1 saturated heterocycles. The molecule has 0 aromatic carbocycles. The van der Waals surface area contributed by atoms with Gasteiger partial charge in [0.2, 0.25) is 0 Å². The molecule has 1 unspecified atom stereocenters. The van der Waals surface area contributed by atoms with Gasteiger partial charge in [0.05, 0.1) is 0 Å². The van der Waals surface area contributed by atoms with Gasteiger partial charge in [0.15, 0.2) is 0 Å². The quantitative estimate of drug-likeness (QED) is 0.818. The second-order valence-corrected chi connectivity index (χ2v) is 5.20. The second-order valence-electron chi connectivity index (χ2n) is 5.20. The smallest absolute Gasteiger partial charge is 0.320 e. The number of carboxylic acids is 1. The van der Waals surface area contributed by atoms with Crippen LogP contribution in [0.25, 0.3) is 0 Å². The monoisotopic (exact) mass is 256 g/mol. The number of carboxylic acid groups (broad SMARTS) is 1. The van der Waals surface area contributed by atoms with E-state index in [0.717, 1.165) is 13.0 Å². The Balaban J connectivity index is 2.45. The highest BCUT2D eigenvalue weighted by Crippen LogP contribution is 2.22. The summed E-state index contributed by atoms with van der Waals surface area (Å²) < 4.78 is 0. The van der Waals surface area contributed by atoms with Crippen LogP contribution in [0.1, 0.15) is 40.0 Å². The number of hydrogen-bond acceptors (Lipinski definition) is 2.